The lowest BCUT2D eigenvalue weighted by atomic mass is 10.2. The van der Waals surface area contributed by atoms with Crippen molar-refractivity contribution in [2.24, 2.45) is 0 Å². The van der Waals surface area contributed by atoms with Gasteiger partial charge in [-0.05, 0) is 41.5 Å². The molecule has 1 unspecified atom stereocenters. The second kappa shape index (κ2) is 8.95. The summed E-state index contributed by atoms with van der Waals surface area (Å²) in [6.45, 7) is 0.0536. The van der Waals surface area contributed by atoms with Crippen LogP contribution in [-0.4, -0.2) is 26.4 Å². The van der Waals surface area contributed by atoms with Crippen molar-refractivity contribution in [3.63, 3.8) is 0 Å². The van der Waals surface area contributed by atoms with E-state index in [1.54, 1.807) is 53.6 Å². The first-order chi connectivity index (χ1) is 14.5. The molecule has 0 bridgehead atoms. The van der Waals surface area contributed by atoms with Gasteiger partial charge in [0.1, 0.15) is 11.9 Å². The van der Waals surface area contributed by atoms with Crippen LogP contribution in [0, 0.1) is 0 Å². The first-order valence-electron chi connectivity index (χ1n) is 8.98. The van der Waals surface area contributed by atoms with Gasteiger partial charge < -0.3 is 4.57 Å². The van der Waals surface area contributed by atoms with E-state index in [1.165, 1.54) is 16.8 Å². The Morgan fingerprint density at radius 1 is 1.10 bits per heavy atom. The number of nitrogens with zero attached hydrogens (tertiary/aromatic N) is 3. The van der Waals surface area contributed by atoms with Crippen molar-refractivity contribution >= 4 is 52.9 Å². The summed E-state index contributed by atoms with van der Waals surface area (Å²) < 4.78 is 1.63. The molecule has 30 heavy (non-hydrogen) atoms. The van der Waals surface area contributed by atoms with Crippen LogP contribution in [0.4, 0.5) is 0 Å². The molecule has 1 atom stereocenters. The molecule has 0 aliphatic carbocycles. The summed E-state index contributed by atoms with van der Waals surface area (Å²) >= 11 is 13.3. The van der Waals surface area contributed by atoms with E-state index in [2.05, 4.69) is 10.4 Å². The number of carbonyl (C=O) groups excluding carboxylic acids is 2. The molecule has 2 heterocycles. The van der Waals surface area contributed by atoms with Gasteiger partial charge in [-0.3, -0.25) is 15.0 Å². The van der Waals surface area contributed by atoms with Crippen molar-refractivity contribution in [3.05, 3.63) is 93.3 Å². The van der Waals surface area contributed by atoms with Crippen LogP contribution in [0.3, 0.4) is 0 Å². The molecule has 1 aliphatic rings. The number of thioether (sulfide) groups is 1. The average Bonchev–Trinajstić information content (AvgIpc) is 3.34. The normalized spacial score (nSPS) is 17.5. The number of benzene rings is 2. The molecular weight excluding hydrogens is 443 g/mol. The Kier molecular flexibility index (Phi) is 6.13. The first kappa shape index (κ1) is 20.5. The number of imidazole rings is 1. The quantitative estimate of drug-likeness (QED) is 0.570. The van der Waals surface area contributed by atoms with Crippen LogP contribution in [-0.2, 0) is 16.1 Å². The van der Waals surface area contributed by atoms with Crippen LogP contribution >= 0.6 is 35.0 Å². The van der Waals surface area contributed by atoms with Gasteiger partial charge in [-0.15, -0.1) is 0 Å². The van der Waals surface area contributed by atoms with Crippen molar-refractivity contribution < 1.29 is 9.59 Å². The molecule has 0 radical (unpaired) electrons. The second-order valence-corrected chi connectivity index (χ2v) is 8.52. The number of carbonyl (C=O) groups is 2. The standard InChI is InChI=1S/C21H16Cl2N4O2S/c22-16-5-1-14(2-6-16)11-18-20(29)27(25-19(28)12-26-10-9-24-13-26)21(30-18)15-3-7-17(23)8-4-15/h1-11,13,21H,12H2,(H,25,28)/b18-11+. The number of hydrogen-bond acceptors (Lipinski definition) is 4. The minimum absolute atomic E-state index is 0.0536. The molecule has 1 fully saturated rings. The fourth-order valence-electron chi connectivity index (χ4n) is 2.92. The van der Waals surface area contributed by atoms with Gasteiger partial charge in [-0.2, -0.15) is 0 Å². The van der Waals surface area contributed by atoms with Crippen LogP contribution in [0.15, 0.2) is 72.2 Å². The molecular formula is C21H16Cl2N4O2S. The zero-order chi connectivity index (χ0) is 21.1. The van der Waals surface area contributed by atoms with Crippen LogP contribution in [0.25, 0.3) is 6.08 Å². The molecule has 9 heteroatoms. The lowest BCUT2D eigenvalue weighted by molar-refractivity contribution is -0.138. The fourth-order valence-corrected chi connectivity index (χ4v) is 4.37. The Hall–Kier alpha value is -2.74. The zero-order valence-corrected chi connectivity index (χ0v) is 17.9. The maximum atomic E-state index is 13.1. The predicted molar refractivity (Wildman–Crippen MR) is 118 cm³/mol. The van der Waals surface area contributed by atoms with Crippen LogP contribution in [0.1, 0.15) is 16.5 Å². The smallest absolute Gasteiger partial charge is 0.280 e. The van der Waals surface area contributed by atoms with E-state index in [0.29, 0.717) is 15.0 Å². The topological polar surface area (TPSA) is 67.2 Å². The molecule has 1 aromatic heterocycles. The number of nitrogens with one attached hydrogen (secondary N) is 1. The van der Waals surface area contributed by atoms with E-state index < -0.39 is 5.37 Å². The molecule has 1 aliphatic heterocycles. The van der Waals surface area contributed by atoms with Gasteiger partial charge in [-0.1, -0.05) is 59.2 Å². The molecule has 152 valence electrons. The number of aromatic nitrogens is 2. The minimum Gasteiger partial charge on any atom is -0.328 e. The Bertz CT molecular complexity index is 1080. The maximum absolute atomic E-state index is 13.1. The van der Waals surface area contributed by atoms with Crippen molar-refractivity contribution in [1.82, 2.24) is 20.0 Å². The Morgan fingerprint density at radius 2 is 1.77 bits per heavy atom. The van der Waals surface area contributed by atoms with E-state index in [4.69, 9.17) is 23.2 Å². The molecule has 1 N–H and O–H groups in total. The Balaban J connectivity index is 1.61. The monoisotopic (exact) mass is 458 g/mol. The first-order valence-corrected chi connectivity index (χ1v) is 10.6. The lowest BCUT2D eigenvalue weighted by Gasteiger charge is -2.24. The molecule has 3 aromatic rings. The summed E-state index contributed by atoms with van der Waals surface area (Å²) in [5.74, 6) is -0.609. The van der Waals surface area contributed by atoms with E-state index in [1.807, 2.05) is 24.3 Å². The van der Waals surface area contributed by atoms with E-state index >= 15 is 0 Å². The van der Waals surface area contributed by atoms with Gasteiger partial charge in [0.25, 0.3) is 11.8 Å². The summed E-state index contributed by atoms with van der Waals surface area (Å²) in [7, 11) is 0. The van der Waals surface area contributed by atoms with E-state index in [9.17, 15) is 9.59 Å². The van der Waals surface area contributed by atoms with E-state index in [-0.39, 0.29) is 18.4 Å². The predicted octanol–water partition coefficient (Wildman–Crippen LogP) is 4.54. The molecule has 2 amide bonds. The number of hydrogen-bond donors (Lipinski definition) is 1. The SMILES string of the molecule is O=C(Cn1ccnc1)NN1C(=O)/C(=C\c2ccc(Cl)cc2)SC1c1ccc(Cl)cc1. The van der Waals surface area contributed by atoms with E-state index in [0.717, 1.165) is 11.1 Å². The summed E-state index contributed by atoms with van der Waals surface area (Å²) in [6.07, 6.45) is 6.60. The van der Waals surface area contributed by atoms with Crippen molar-refractivity contribution in [2.45, 2.75) is 11.9 Å². The van der Waals surface area contributed by atoms with Gasteiger partial charge in [0, 0.05) is 22.4 Å². The second-order valence-electron chi connectivity index (χ2n) is 6.53. The van der Waals surface area contributed by atoms with Gasteiger partial charge in [0.05, 0.1) is 11.2 Å². The van der Waals surface area contributed by atoms with Gasteiger partial charge in [0.2, 0.25) is 0 Å². The average molecular weight is 459 g/mol. The van der Waals surface area contributed by atoms with Crippen molar-refractivity contribution in [2.75, 3.05) is 0 Å². The Labute approximate surface area is 187 Å². The number of halogens is 2. The largest absolute Gasteiger partial charge is 0.328 e. The molecule has 1 saturated heterocycles. The van der Waals surface area contributed by atoms with Crippen molar-refractivity contribution in [1.29, 1.82) is 0 Å². The number of hydrazine groups is 1. The summed E-state index contributed by atoms with van der Waals surface area (Å²) in [4.78, 5) is 30.1. The minimum atomic E-state index is -0.417. The highest BCUT2D eigenvalue weighted by Gasteiger charge is 2.38. The van der Waals surface area contributed by atoms with Crippen LogP contribution in [0.2, 0.25) is 10.0 Å². The summed E-state index contributed by atoms with van der Waals surface area (Å²) in [5.41, 5.74) is 4.43. The van der Waals surface area contributed by atoms with Gasteiger partial charge >= 0.3 is 0 Å². The molecule has 0 spiro atoms. The third-order valence-corrected chi connectivity index (χ3v) is 6.11. The number of amides is 2. The number of rotatable bonds is 5. The highest BCUT2D eigenvalue weighted by atomic mass is 35.5. The summed E-state index contributed by atoms with van der Waals surface area (Å²) in [5, 5.41) is 2.16. The zero-order valence-electron chi connectivity index (χ0n) is 15.5. The van der Waals surface area contributed by atoms with Crippen LogP contribution < -0.4 is 5.43 Å². The third-order valence-electron chi connectivity index (χ3n) is 4.36. The molecule has 4 rings (SSSR count). The van der Waals surface area contributed by atoms with Gasteiger partial charge in [0.15, 0.2) is 0 Å². The van der Waals surface area contributed by atoms with Crippen LogP contribution in [0.5, 0.6) is 0 Å². The molecule has 0 saturated carbocycles. The maximum Gasteiger partial charge on any atom is 0.280 e. The molecule has 2 aromatic carbocycles. The van der Waals surface area contributed by atoms with Gasteiger partial charge in [-0.25, -0.2) is 9.99 Å². The highest BCUT2D eigenvalue weighted by molar-refractivity contribution is 8.04. The molecule has 6 nitrogen and oxygen atoms in total. The Morgan fingerprint density at radius 3 is 2.40 bits per heavy atom. The third kappa shape index (κ3) is 4.70. The van der Waals surface area contributed by atoms with Crippen molar-refractivity contribution in [3.8, 4) is 0 Å². The lowest BCUT2D eigenvalue weighted by Crippen LogP contribution is -2.45. The highest BCUT2D eigenvalue weighted by Crippen LogP contribution is 2.45. The fraction of sp³-hybridized carbons (Fsp3) is 0.0952. The summed E-state index contributed by atoms with van der Waals surface area (Å²) in [6, 6.07) is 14.4.